The molecule has 0 atom stereocenters. The highest BCUT2D eigenvalue weighted by Crippen LogP contribution is 2.07. The Kier molecular flexibility index (Phi) is 5.73. The maximum atomic E-state index is 8.90. The summed E-state index contributed by atoms with van der Waals surface area (Å²) in [6, 6.07) is 12.3. The number of nitriles is 1. The van der Waals surface area contributed by atoms with Crippen LogP contribution in [-0.2, 0) is 0 Å². The minimum atomic E-state index is 0.856. The van der Waals surface area contributed by atoms with E-state index in [1.807, 2.05) is 48.6 Å². The summed E-state index contributed by atoms with van der Waals surface area (Å²) in [5.41, 5.74) is 2.01. The first-order valence-corrected chi connectivity index (χ1v) is 5.69. The molecule has 0 aromatic heterocycles. The van der Waals surface area contributed by atoms with Crippen LogP contribution >= 0.6 is 0 Å². The van der Waals surface area contributed by atoms with E-state index in [9.17, 15) is 0 Å². The summed E-state index contributed by atoms with van der Waals surface area (Å²) in [6.45, 7) is 2.13. The van der Waals surface area contributed by atoms with E-state index < -0.39 is 0 Å². The van der Waals surface area contributed by atoms with Crippen LogP contribution in [0.25, 0.3) is 6.08 Å². The number of rotatable bonds is 5. The lowest BCUT2D eigenvalue weighted by atomic mass is 10.1. The topological polar surface area (TPSA) is 23.8 Å². The maximum absolute atomic E-state index is 8.90. The molecule has 1 rings (SSSR count). The van der Waals surface area contributed by atoms with Gasteiger partial charge in [-0.15, -0.1) is 0 Å². The monoisotopic (exact) mass is 211 g/mol. The Balaban J connectivity index is 2.57. The van der Waals surface area contributed by atoms with Gasteiger partial charge in [0.2, 0.25) is 0 Å². The molecule has 0 saturated heterocycles. The van der Waals surface area contributed by atoms with Gasteiger partial charge in [-0.1, -0.05) is 55.8 Å². The summed E-state index contributed by atoms with van der Waals surface area (Å²) in [6.07, 6.45) is 8.96. The molecule has 0 radical (unpaired) electrons. The van der Waals surface area contributed by atoms with Gasteiger partial charge < -0.3 is 0 Å². The first kappa shape index (κ1) is 12.3. The van der Waals surface area contributed by atoms with Gasteiger partial charge in [-0.2, -0.15) is 5.26 Å². The van der Waals surface area contributed by atoms with Crippen molar-refractivity contribution in [2.24, 2.45) is 0 Å². The molecule has 0 fully saturated rings. The van der Waals surface area contributed by atoms with E-state index in [1.54, 1.807) is 0 Å². The summed E-state index contributed by atoms with van der Waals surface area (Å²) >= 11 is 0. The van der Waals surface area contributed by atoms with Crippen LogP contribution in [0.5, 0.6) is 0 Å². The van der Waals surface area contributed by atoms with Crippen LogP contribution < -0.4 is 0 Å². The van der Waals surface area contributed by atoms with Crippen LogP contribution in [0.1, 0.15) is 31.7 Å². The van der Waals surface area contributed by atoms with E-state index in [4.69, 9.17) is 5.26 Å². The van der Waals surface area contributed by atoms with Crippen molar-refractivity contribution in [2.45, 2.75) is 26.2 Å². The van der Waals surface area contributed by atoms with E-state index in [2.05, 4.69) is 13.0 Å². The van der Waals surface area contributed by atoms with Crippen molar-refractivity contribution >= 4 is 6.08 Å². The summed E-state index contributed by atoms with van der Waals surface area (Å²) in [4.78, 5) is 0. The predicted octanol–water partition coefficient (Wildman–Crippen LogP) is 4.34. The zero-order chi connectivity index (χ0) is 11.6. The van der Waals surface area contributed by atoms with Crippen LogP contribution in [0.3, 0.4) is 0 Å². The van der Waals surface area contributed by atoms with Crippen molar-refractivity contribution in [1.29, 1.82) is 5.26 Å². The van der Waals surface area contributed by atoms with Gasteiger partial charge in [0, 0.05) is 5.57 Å². The van der Waals surface area contributed by atoms with Gasteiger partial charge in [-0.3, -0.25) is 0 Å². The van der Waals surface area contributed by atoms with Crippen molar-refractivity contribution in [3.63, 3.8) is 0 Å². The average molecular weight is 211 g/mol. The van der Waals surface area contributed by atoms with E-state index in [-0.39, 0.29) is 0 Å². The minimum absolute atomic E-state index is 0.856. The molecule has 0 unspecified atom stereocenters. The summed E-state index contributed by atoms with van der Waals surface area (Å²) < 4.78 is 0. The normalized spacial score (nSPS) is 11.6. The Bertz CT molecular complexity index is 393. The van der Waals surface area contributed by atoms with Crippen LogP contribution in [0.15, 0.2) is 48.1 Å². The number of allylic oxidation sites excluding steroid dienone is 3. The molecule has 0 aliphatic carbocycles. The van der Waals surface area contributed by atoms with Crippen molar-refractivity contribution in [3.05, 3.63) is 53.6 Å². The Hall–Kier alpha value is -1.81. The molecule has 1 aromatic carbocycles. The number of nitrogens with zero attached hydrogens (tertiary/aromatic N) is 1. The zero-order valence-electron chi connectivity index (χ0n) is 9.69. The second kappa shape index (κ2) is 7.48. The fourth-order valence-corrected chi connectivity index (χ4v) is 1.38. The Labute approximate surface area is 97.7 Å². The first-order chi connectivity index (χ1) is 7.86. The number of benzene rings is 1. The molecule has 16 heavy (non-hydrogen) atoms. The van der Waals surface area contributed by atoms with Crippen molar-refractivity contribution in [1.82, 2.24) is 0 Å². The van der Waals surface area contributed by atoms with E-state index in [0.717, 1.165) is 30.4 Å². The highest BCUT2D eigenvalue weighted by Gasteiger charge is 1.92. The summed E-state index contributed by atoms with van der Waals surface area (Å²) in [7, 11) is 0. The average Bonchev–Trinajstić information content (AvgIpc) is 2.35. The smallest absolute Gasteiger partial charge is 0.0947 e. The summed E-state index contributed by atoms with van der Waals surface area (Å²) in [5.74, 6) is 0. The third-order valence-electron chi connectivity index (χ3n) is 2.33. The highest BCUT2D eigenvalue weighted by molar-refractivity contribution is 5.51. The van der Waals surface area contributed by atoms with Crippen LogP contribution in [0.4, 0.5) is 0 Å². The second-order valence-electron chi connectivity index (χ2n) is 3.68. The molecule has 0 amide bonds. The lowest BCUT2D eigenvalue weighted by Crippen LogP contribution is -1.78. The molecular weight excluding hydrogens is 194 g/mol. The fourth-order valence-electron chi connectivity index (χ4n) is 1.38. The number of hydrogen-bond donors (Lipinski definition) is 0. The van der Waals surface area contributed by atoms with Crippen molar-refractivity contribution in [2.75, 3.05) is 0 Å². The fraction of sp³-hybridized carbons (Fsp3) is 0.267. The number of hydrogen-bond acceptors (Lipinski definition) is 1. The predicted molar refractivity (Wildman–Crippen MR) is 68.7 cm³/mol. The van der Waals surface area contributed by atoms with Crippen molar-refractivity contribution in [3.8, 4) is 6.07 Å². The van der Waals surface area contributed by atoms with Gasteiger partial charge in [-0.05, 0) is 24.5 Å². The van der Waals surface area contributed by atoms with Gasteiger partial charge >= 0.3 is 0 Å². The van der Waals surface area contributed by atoms with Crippen molar-refractivity contribution < 1.29 is 0 Å². The third kappa shape index (κ3) is 4.61. The van der Waals surface area contributed by atoms with Crippen LogP contribution in [0.2, 0.25) is 0 Å². The SMILES string of the molecule is CCCCC(C#N)=CC=Cc1ccccc1. The van der Waals surface area contributed by atoms with Gasteiger partial charge in [0.1, 0.15) is 0 Å². The van der Waals surface area contributed by atoms with E-state index in [0.29, 0.717) is 0 Å². The molecule has 0 saturated carbocycles. The molecule has 82 valence electrons. The van der Waals surface area contributed by atoms with Crippen LogP contribution in [0, 0.1) is 11.3 Å². The molecule has 1 nitrogen and oxygen atoms in total. The Morgan fingerprint density at radius 3 is 2.69 bits per heavy atom. The lowest BCUT2D eigenvalue weighted by Gasteiger charge is -1.94. The second-order valence-corrected chi connectivity index (χ2v) is 3.68. The van der Waals surface area contributed by atoms with E-state index >= 15 is 0 Å². The molecular formula is C15H17N. The summed E-state index contributed by atoms with van der Waals surface area (Å²) in [5, 5.41) is 8.90. The van der Waals surface area contributed by atoms with Gasteiger partial charge in [-0.25, -0.2) is 0 Å². The molecule has 1 aromatic rings. The molecule has 0 bridgehead atoms. The quantitative estimate of drug-likeness (QED) is 0.525. The molecule has 1 heteroatoms. The zero-order valence-corrected chi connectivity index (χ0v) is 9.69. The Morgan fingerprint density at radius 2 is 2.06 bits per heavy atom. The minimum Gasteiger partial charge on any atom is -0.193 e. The largest absolute Gasteiger partial charge is 0.193 e. The highest BCUT2D eigenvalue weighted by atomic mass is 14.2. The van der Waals surface area contributed by atoms with E-state index in [1.165, 1.54) is 0 Å². The molecule has 0 heterocycles. The standard InChI is InChI=1S/C15H17N/c1-2-3-8-15(13-16)12-7-11-14-9-5-4-6-10-14/h4-7,9-12H,2-3,8H2,1H3. The molecule has 0 aliphatic rings. The maximum Gasteiger partial charge on any atom is 0.0947 e. The molecule has 0 N–H and O–H groups in total. The van der Waals surface area contributed by atoms with Crippen LogP contribution in [-0.4, -0.2) is 0 Å². The first-order valence-electron chi connectivity index (χ1n) is 5.69. The van der Waals surface area contributed by atoms with Gasteiger partial charge in [0.15, 0.2) is 0 Å². The van der Waals surface area contributed by atoms with Gasteiger partial charge in [0.25, 0.3) is 0 Å². The lowest BCUT2D eigenvalue weighted by molar-refractivity contribution is 0.799. The van der Waals surface area contributed by atoms with Gasteiger partial charge in [0.05, 0.1) is 6.07 Å². The Morgan fingerprint density at radius 1 is 1.31 bits per heavy atom. The molecule has 0 aliphatic heterocycles. The molecule has 0 spiro atoms. The number of unbranched alkanes of at least 4 members (excludes halogenated alkanes) is 1. The third-order valence-corrected chi connectivity index (χ3v) is 2.33.